The molecule has 0 bridgehead atoms. The van der Waals surface area contributed by atoms with Crippen LogP contribution in [0.25, 0.3) is 81.7 Å². The Kier molecular flexibility index (Phi) is 6.90. The van der Waals surface area contributed by atoms with Gasteiger partial charge in [0.2, 0.25) is 0 Å². The highest BCUT2D eigenvalue weighted by molar-refractivity contribution is 6.24. The Morgan fingerprint density at radius 1 is 0.352 bits per heavy atom. The van der Waals surface area contributed by atoms with E-state index in [0.29, 0.717) is 0 Å². The minimum absolute atomic E-state index is 1.11. The van der Waals surface area contributed by atoms with Gasteiger partial charge in [-0.25, -0.2) is 0 Å². The summed E-state index contributed by atoms with van der Waals surface area (Å²) in [5.74, 6) is 0. The fourth-order valence-corrected chi connectivity index (χ4v) is 8.69. The van der Waals surface area contributed by atoms with Gasteiger partial charge in [0, 0.05) is 38.6 Å². The molecule has 0 spiro atoms. The van der Waals surface area contributed by atoms with E-state index in [0.717, 1.165) is 22.7 Å². The molecule has 0 amide bonds. The molecule has 1 aromatic heterocycles. The maximum absolute atomic E-state index is 2.45. The quantitative estimate of drug-likeness (QED) is 0.164. The standard InChI is InChI=1S/C52H34N2/c1-2-19-40(20-3-1)54-50-26-11-10-25-47(50)51-48(34-38-16-6-9-24-46(38)52(51)54)37-18-12-21-41(32-37)53(49-27-13-17-35-14-5-8-23-45(35)49)42-30-31-44-39(33-42)29-28-36-15-4-7-22-43(36)44/h1-34H. The molecule has 0 fully saturated rings. The van der Waals surface area contributed by atoms with Crippen LogP contribution in [0.2, 0.25) is 0 Å². The number of hydrogen-bond donors (Lipinski definition) is 0. The molecular weight excluding hydrogens is 653 g/mol. The molecule has 2 nitrogen and oxygen atoms in total. The first-order chi connectivity index (χ1) is 26.8. The van der Waals surface area contributed by atoms with Crippen molar-refractivity contribution in [3.05, 3.63) is 206 Å². The van der Waals surface area contributed by atoms with Crippen LogP contribution in [0.4, 0.5) is 17.1 Å². The van der Waals surface area contributed by atoms with Crippen molar-refractivity contribution >= 4 is 82.0 Å². The predicted octanol–water partition coefficient (Wildman–Crippen LogP) is 14.5. The number of hydrogen-bond acceptors (Lipinski definition) is 1. The van der Waals surface area contributed by atoms with Crippen LogP contribution >= 0.6 is 0 Å². The van der Waals surface area contributed by atoms with Gasteiger partial charge in [-0.2, -0.15) is 0 Å². The van der Waals surface area contributed by atoms with Crippen molar-refractivity contribution in [1.29, 1.82) is 0 Å². The number of nitrogens with zero attached hydrogens (tertiary/aromatic N) is 2. The largest absolute Gasteiger partial charge is 0.310 e. The summed E-state index contributed by atoms with van der Waals surface area (Å²) in [7, 11) is 0. The lowest BCUT2D eigenvalue weighted by Crippen LogP contribution is -2.10. The average Bonchev–Trinajstić information content (AvgIpc) is 3.59. The molecule has 1 heterocycles. The van der Waals surface area contributed by atoms with Crippen molar-refractivity contribution in [2.45, 2.75) is 0 Å². The maximum atomic E-state index is 2.45. The van der Waals surface area contributed by atoms with Crippen molar-refractivity contribution in [1.82, 2.24) is 4.57 Å². The highest BCUT2D eigenvalue weighted by Crippen LogP contribution is 2.45. The van der Waals surface area contributed by atoms with Crippen molar-refractivity contribution in [2.75, 3.05) is 4.90 Å². The first kappa shape index (κ1) is 30.5. The van der Waals surface area contributed by atoms with E-state index in [9.17, 15) is 0 Å². The van der Waals surface area contributed by atoms with E-state index in [2.05, 4.69) is 216 Å². The van der Waals surface area contributed by atoms with E-state index in [1.807, 2.05) is 0 Å². The van der Waals surface area contributed by atoms with E-state index >= 15 is 0 Å². The van der Waals surface area contributed by atoms with E-state index in [4.69, 9.17) is 0 Å². The second-order valence-corrected chi connectivity index (χ2v) is 14.1. The summed E-state index contributed by atoms with van der Waals surface area (Å²) < 4.78 is 2.45. The minimum atomic E-state index is 1.11. The smallest absolute Gasteiger partial charge is 0.0625 e. The fourth-order valence-electron chi connectivity index (χ4n) is 8.69. The zero-order valence-corrected chi connectivity index (χ0v) is 29.5. The minimum Gasteiger partial charge on any atom is -0.310 e. The molecule has 2 heteroatoms. The first-order valence-corrected chi connectivity index (χ1v) is 18.6. The average molecular weight is 687 g/mol. The van der Waals surface area contributed by atoms with Crippen molar-refractivity contribution in [2.24, 2.45) is 0 Å². The van der Waals surface area contributed by atoms with Crippen molar-refractivity contribution in [3.8, 4) is 16.8 Å². The molecule has 0 saturated carbocycles. The van der Waals surface area contributed by atoms with Gasteiger partial charge in [0.25, 0.3) is 0 Å². The third-order valence-corrected chi connectivity index (χ3v) is 11.1. The number of rotatable bonds is 5. The van der Waals surface area contributed by atoms with Crippen molar-refractivity contribution in [3.63, 3.8) is 0 Å². The number of fused-ring (bicyclic) bond motifs is 9. The number of para-hydroxylation sites is 2. The summed E-state index contributed by atoms with van der Waals surface area (Å²) in [6, 6.07) is 75.3. The summed E-state index contributed by atoms with van der Waals surface area (Å²) >= 11 is 0. The molecule has 0 aliphatic rings. The number of aromatic nitrogens is 1. The molecule has 0 saturated heterocycles. The zero-order valence-electron chi connectivity index (χ0n) is 29.5. The van der Waals surface area contributed by atoms with E-state index in [1.54, 1.807) is 0 Å². The fraction of sp³-hybridized carbons (Fsp3) is 0. The lowest BCUT2D eigenvalue weighted by Gasteiger charge is -2.28. The van der Waals surface area contributed by atoms with Crippen molar-refractivity contribution < 1.29 is 0 Å². The Morgan fingerprint density at radius 3 is 1.80 bits per heavy atom. The molecule has 0 N–H and O–H groups in total. The van der Waals surface area contributed by atoms with E-state index in [1.165, 1.54) is 76.0 Å². The van der Waals surface area contributed by atoms with Gasteiger partial charge in [0.15, 0.2) is 0 Å². The molecule has 0 radical (unpaired) electrons. The molecule has 54 heavy (non-hydrogen) atoms. The third kappa shape index (κ3) is 4.74. The Labute approximate surface area is 313 Å². The Balaban J connectivity index is 1.19. The summed E-state index contributed by atoms with van der Waals surface area (Å²) in [5.41, 5.74) is 9.37. The SMILES string of the molecule is c1ccc(-n2c3ccccc3c3c(-c4cccc(N(c5ccc6c(ccc7ccccc76)c5)c5cccc6ccccc56)c4)cc4ccccc4c32)cc1. The molecule has 11 aromatic rings. The molecule has 0 aliphatic heterocycles. The van der Waals surface area contributed by atoms with Gasteiger partial charge >= 0.3 is 0 Å². The van der Waals surface area contributed by atoms with E-state index < -0.39 is 0 Å². The van der Waals surface area contributed by atoms with Gasteiger partial charge in [-0.1, -0.05) is 152 Å². The van der Waals surface area contributed by atoms with Gasteiger partial charge < -0.3 is 9.47 Å². The highest BCUT2D eigenvalue weighted by atomic mass is 15.1. The van der Waals surface area contributed by atoms with Gasteiger partial charge in [-0.05, 0) is 98.0 Å². The Hall–Kier alpha value is -7.16. The van der Waals surface area contributed by atoms with Crippen LogP contribution in [-0.4, -0.2) is 4.57 Å². The molecular formula is C52H34N2. The van der Waals surface area contributed by atoms with Crippen LogP contribution in [0.1, 0.15) is 0 Å². The van der Waals surface area contributed by atoms with Gasteiger partial charge in [0.1, 0.15) is 0 Å². The molecule has 0 atom stereocenters. The van der Waals surface area contributed by atoms with Crippen LogP contribution < -0.4 is 4.90 Å². The number of benzene rings is 10. The van der Waals surface area contributed by atoms with Crippen LogP contribution in [-0.2, 0) is 0 Å². The monoisotopic (exact) mass is 686 g/mol. The van der Waals surface area contributed by atoms with Gasteiger partial charge in [-0.3, -0.25) is 0 Å². The lowest BCUT2D eigenvalue weighted by atomic mass is 9.94. The Morgan fingerprint density at radius 2 is 0.944 bits per heavy atom. The highest BCUT2D eigenvalue weighted by Gasteiger charge is 2.21. The molecule has 252 valence electrons. The molecule has 0 unspecified atom stereocenters. The van der Waals surface area contributed by atoms with Crippen LogP contribution in [0.5, 0.6) is 0 Å². The van der Waals surface area contributed by atoms with Crippen LogP contribution in [0.15, 0.2) is 206 Å². The Bertz CT molecular complexity index is 3220. The van der Waals surface area contributed by atoms with Gasteiger partial charge in [-0.15, -0.1) is 0 Å². The van der Waals surface area contributed by atoms with Crippen LogP contribution in [0.3, 0.4) is 0 Å². The molecule has 0 aliphatic carbocycles. The van der Waals surface area contributed by atoms with Crippen LogP contribution in [0, 0.1) is 0 Å². The molecule has 10 aromatic carbocycles. The van der Waals surface area contributed by atoms with E-state index in [-0.39, 0.29) is 0 Å². The topological polar surface area (TPSA) is 8.17 Å². The summed E-state index contributed by atoms with van der Waals surface area (Å²) in [6.07, 6.45) is 0. The van der Waals surface area contributed by atoms with Gasteiger partial charge in [0.05, 0.1) is 16.7 Å². The lowest BCUT2D eigenvalue weighted by molar-refractivity contribution is 1.19. The summed E-state index contributed by atoms with van der Waals surface area (Å²) in [4.78, 5) is 2.44. The second-order valence-electron chi connectivity index (χ2n) is 14.1. The zero-order chi connectivity index (χ0) is 35.6. The molecule has 11 rings (SSSR count). The second kappa shape index (κ2) is 12.2. The number of anilines is 3. The normalized spacial score (nSPS) is 11.7. The summed E-state index contributed by atoms with van der Waals surface area (Å²) in [5, 5.41) is 12.4. The first-order valence-electron chi connectivity index (χ1n) is 18.6. The summed E-state index contributed by atoms with van der Waals surface area (Å²) in [6.45, 7) is 0. The predicted molar refractivity (Wildman–Crippen MR) is 231 cm³/mol. The third-order valence-electron chi connectivity index (χ3n) is 11.1. The maximum Gasteiger partial charge on any atom is 0.0625 e.